The smallest absolute Gasteiger partial charge is 0.338 e. The zero-order valence-corrected chi connectivity index (χ0v) is 10.6. The van der Waals surface area contributed by atoms with E-state index in [-0.39, 0.29) is 5.56 Å². The fourth-order valence-corrected chi connectivity index (χ4v) is 2.30. The van der Waals surface area contributed by atoms with Crippen molar-refractivity contribution in [2.24, 2.45) is 0 Å². The monoisotopic (exact) mass is 260 g/mol. The highest BCUT2D eigenvalue weighted by Crippen LogP contribution is 2.24. The minimum atomic E-state index is -1.01. The van der Waals surface area contributed by atoms with Gasteiger partial charge in [-0.05, 0) is 18.6 Å². The van der Waals surface area contributed by atoms with E-state index in [1.807, 2.05) is 18.2 Å². The summed E-state index contributed by atoms with van der Waals surface area (Å²) in [6, 6.07) is 8.09. The molecule has 1 aromatic carbocycles. The fraction of sp³-hybridized carbons (Fsp3) is 0.154. The van der Waals surface area contributed by atoms with Gasteiger partial charge < -0.3 is 5.11 Å². The number of rotatable bonds is 4. The highest BCUT2D eigenvalue weighted by molar-refractivity contribution is 7.98. The third-order valence-electron chi connectivity index (χ3n) is 2.40. The second-order valence-corrected chi connectivity index (χ2v) is 4.76. The van der Waals surface area contributed by atoms with Gasteiger partial charge >= 0.3 is 5.97 Å². The summed E-state index contributed by atoms with van der Waals surface area (Å²) in [5.74, 6) is 0.256. The summed E-state index contributed by atoms with van der Waals surface area (Å²) in [6.45, 7) is 2.05. The normalized spacial score (nSPS) is 10.3. The van der Waals surface area contributed by atoms with Crippen molar-refractivity contribution < 1.29 is 9.90 Å². The van der Waals surface area contributed by atoms with Gasteiger partial charge in [0.2, 0.25) is 0 Å². The molecule has 2 rings (SSSR count). The van der Waals surface area contributed by atoms with Gasteiger partial charge in [-0.2, -0.15) is 0 Å². The first-order valence-electron chi connectivity index (χ1n) is 5.39. The van der Waals surface area contributed by atoms with Gasteiger partial charge in [0.05, 0.1) is 11.3 Å². The molecular formula is C13H12N2O2S. The summed E-state index contributed by atoms with van der Waals surface area (Å²) < 4.78 is 0. The van der Waals surface area contributed by atoms with Crippen molar-refractivity contribution in [1.29, 1.82) is 0 Å². The molecule has 0 spiro atoms. The number of benzene rings is 1. The number of thioether (sulfide) groups is 1. The second kappa shape index (κ2) is 5.64. The number of carbonyl (C=O) groups is 1. The van der Waals surface area contributed by atoms with Crippen molar-refractivity contribution in [3.63, 3.8) is 0 Å². The summed E-state index contributed by atoms with van der Waals surface area (Å²) in [5, 5.41) is 8.73. The zero-order chi connectivity index (χ0) is 13.0. The lowest BCUT2D eigenvalue weighted by atomic mass is 10.2. The lowest BCUT2D eigenvalue weighted by Crippen LogP contribution is -2.00. The largest absolute Gasteiger partial charge is 0.478 e. The van der Waals surface area contributed by atoms with Crippen molar-refractivity contribution in [2.75, 3.05) is 0 Å². The first kappa shape index (κ1) is 12.6. The Hall–Kier alpha value is -1.88. The Labute approximate surface area is 109 Å². The highest BCUT2D eigenvalue weighted by Gasteiger charge is 2.05. The van der Waals surface area contributed by atoms with Gasteiger partial charge in [-0.25, -0.2) is 14.8 Å². The van der Waals surface area contributed by atoms with Gasteiger partial charge in [-0.15, -0.1) is 11.8 Å². The number of hydrogen-bond donors (Lipinski definition) is 1. The molecule has 0 fully saturated rings. The number of carboxylic acids is 1. The third-order valence-corrected chi connectivity index (χ3v) is 3.57. The standard InChI is InChI=1S/C13H12N2O2S/c1-9-4-2-3-5-11(9)18-8-12-14-6-10(7-15-12)13(16)17/h2-7H,8H2,1H3,(H,16,17). The van der Waals surface area contributed by atoms with E-state index >= 15 is 0 Å². The summed E-state index contributed by atoms with van der Waals surface area (Å²) >= 11 is 1.64. The maximum absolute atomic E-state index is 10.7. The lowest BCUT2D eigenvalue weighted by molar-refractivity contribution is 0.0696. The van der Waals surface area contributed by atoms with E-state index in [9.17, 15) is 4.79 Å². The number of aryl methyl sites for hydroxylation is 1. The molecule has 0 saturated carbocycles. The molecule has 2 aromatic rings. The molecule has 92 valence electrons. The average molecular weight is 260 g/mol. The molecular weight excluding hydrogens is 248 g/mol. The average Bonchev–Trinajstić information content (AvgIpc) is 2.38. The Bertz CT molecular complexity index is 555. The molecule has 0 atom stereocenters. The van der Waals surface area contributed by atoms with Crippen LogP contribution in [-0.2, 0) is 5.75 Å². The minimum Gasteiger partial charge on any atom is -0.478 e. The highest BCUT2D eigenvalue weighted by atomic mass is 32.2. The maximum atomic E-state index is 10.7. The fourth-order valence-electron chi connectivity index (χ4n) is 1.40. The van der Waals surface area contributed by atoms with Crippen molar-refractivity contribution in [1.82, 2.24) is 9.97 Å². The Morgan fingerprint density at radius 1 is 1.28 bits per heavy atom. The zero-order valence-electron chi connectivity index (χ0n) is 9.83. The van der Waals surface area contributed by atoms with Gasteiger partial charge in [-0.1, -0.05) is 18.2 Å². The summed E-state index contributed by atoms with van der Waals surface area (Å²) in [6.07, 6.45) is 2.67. The van der Waals surface area contributed by atoms with Crippen LogP contribution in [0.4, 0.5) is 0 Å². The predicted molar refractivity (Wildman–Crippen MR) is 69.7 cm³/mol. The number of hydrogen-bond acceptors (Lipinski definition) is 4. The molecule has 1 heterocycles. The predicted octanol–water partition coefficient (Wildman–Crippen LogP) is 2.78. The summed E-state index contributed by atoms with van der Waals surface area (Å²) in [5.41, 5.74) is 1.32. The molecule has 0 aliphatic rings. The van der Waals surface area contributed by atoms with Crippen LogP contribution >= 0.6 is 11.8 Å². The molecule has 0 bridgehead atoms. The van der Waals surface area contributed by atoms with Crippen LogP contribution in [0.15, 0.2) is 41.6 Å². The van der Waals surface area contributed by atoms with Crippen LogP contribution in [-0.4, -0.2) is 21.0 Å². The van der Waals surface area contributed by atoms with Crippen LogP contribution in [0.3, 0.4) is 0 Å². The minimum absolute atomic E-state index is 0.111. The number of aromatic carboxylic acids is 1. The third kappa shape index (κ3) is 3.07. The Morgan fingerprint density at radius 3 is 2.56 bits per heavy atom. The Kier molecular flexibility index (Phi) is 3.94. The lowest BCUT2D eigenvalue weighted by Gasteiger charge is -2.04. The van der Waals surface area contributed by atoms with Gasteiger partial charge in [-0.3, -0.25) is 0 Å². The van der Waals surface area contributed by atoms with Crippen LogP contribution in [0, 0.1) is 6.92 Å². The molecule has 1 aromatic heterocycles. The van der Waals surface area contributed by atoms with Gasteiger partial charge in [0.15, 0.2) is 0 Å². The number of aromatic nitrogens is 2. The van der Waals surface area contributed by atoms with Gasteiger partial charge in [0.1, 0.15) is 5.82 Å². The van der Waals surface area contributed by atoms with Crippen LogP contribution in [0.25, 0.3) is 0 Å². The van der Waals surface area contributed by atoms with Crippen LogP contribution in [0.5, 0.6) is 0 Å². The summed E-state index contributed by atoms with van der Waals surface area (Å²) in [4.78, 5) is 19.9. The molecule has 0 aliphatic carbocycles. The van der Waals surface area contributed by atoms with E-state index in [0.717, 1.165) is 0 Å². The summed E-state index contributed by atoms with van der Waals surface area (Å²) in [7, 11) is 0. The quantitative estimate of drug-likeness (QED) is 0.856. The molecule has 0 amide bonds. The topological polar surface area (TPSA) is 63.1 Å². The molecule has 0 unspecified atom stereocenters. The number of carboxylic acid groups (broad SMARTS) is 1. The van der Waals surface area contributed by atoms with E-state index in [1.165, 1.54) is 22.9 Å². The first-order valence-corrected chi connectivity index (χ1v) is 6.38. The molecule has 5 heteroatoms. The SMILES string of the molecule is Cc1ccccc1SCc1ncc(C(=O)O)cn1. The van der Waals surface area contributed by atoms with E-state index in [4.69, 9.17) is 5.11 Å². The van der Waals surface area contributed by atoms with Crippen molar-refractivity contribution in [3.8, 4) is 0 Å². The van der Waals surface area contributed by atoms with Crippen molar-refractivity contribution >= 4 is 17.7 Å². The van der Waals surface area contributed by atoms with E-state index in [0.29, 0.717) is 11.6 Å². The van der Waals surface area contributed by atoms with E-state index < -0.39 is 5.97 Å². The van der Waals surface area contributed by atoms with Crippen LogP contribution < -0.4 is 0 Å². The van der Waals surface area contributed by atoms with E-state index in [1.54, 1.807) is 11.8 Å². The van der Waals surface area contributed by atoms with Gasteiger partial charge in [0, 0.05) is 17.3 Å². The molecule has 0 saturated heterocycles. The van der Waals surface area contributed by atoms with Crippen LogP contribution in [0.1, 0.15) is 21.7 Å². The Morgan fingerprint density at radius 2 is 1.94 bits per heavy atom. The molecule has 0 radical (unpaired) electrons. The molecule has 0 aliphatic heterocycles. The van der Waals surface area contributed by atoms with Crippen molar-refractivity contribution in [3.05, 3.63) is 53.6 Å². The Balaban J connectivity index is 2.02. The van der Waals surface area contributed by atoms with Crippen LogP contribution in [0.2, 0.25) is 0 Å². The number of nitrogens with zero attached hydrogens (tertiary/aromatic N) is 2. The second-order valence-electron chi connectivity index (χ2n) is 3.75. The van der Waals surface area contributed by atoms with Crippen molar-refractivity contribution in [2.45, 2.75) is 17.6 Å². The molecule has 1 N–H and O–H groups in total. The van der Waals surface area contributed by atoms with Gasteiger partial charge in [0.25, 0.3) is 0 Å². The van der Waals surface area contributed by atoms with E-state index in [2.05, 4.69) is 23.0 Å². The molecule has 18 heavy (non-hydrogen) atoms. The molecule has 4 nitrogen and oxygen atoms in total. The first-order chi connectivity index (χ1) is 8.66. The maximum Gasteiger partial charge on any atom is 0.338 e.